The normalized spacial score (nSPS) is 17.7. The molecule has 1 heterocycles. The van der Waals surface area contributed by atoms with E-state index < -0.39 is 0 Å². The molecule has 0 bridgehead atoms. The zero-order chi connectivity index (χ0) is 17.4. The van der Waals surface area contributed by atoms with Crippen LogP contribution in [0.4, 0.5) is 4.39 Å². The number of benzene rings is 1. The molecule has 1 saturated heterocycles. The molecule has 1 unspecified atom stereocenters. The number of guanidine groups is 1. The van der Waals surface area contributed by atoms with Crippen LogP contribution in [0.25, 0.3) is 0 Å². The number of hydrogen-bond donors (Lipinski definition) is 2. The van der Waals surface area contributed by atoms with Gasteiger partial charge in [0.05, 0.1) is 0 Å². The van der Waals surface area contributed by atoms with Gasteiger partial charge in [-0.15, -0.1) is 24.0 Å². The summed E-state index contributed by atoms with van der Waals surface area (Å²) in [7, 11) is 1.81. The number of piperidine rings is 1. The predicted octanol–water partition coefficient (Wildman–Crippen LogP) is 3.62. The summed E-state index contributed by atoms with van der Waals surface area (Å²) in [6.45, 7) is 8.04. The van der Waals surface area contributed by atoms with Gasteiger partial charge >= 0.3 is 0 Å². The number of nitrogens with zero attached hydrogens (tertiary/aromatic N) is 2. The molecule has 4 nitrogen and oxygen atoms in total. The van der Waals surface area contributed by atoms with Crippen LogP contribution in [0.5, 0.6) is 0 Å². The van der Waals surface area contributed by atoms with Gasteiger partial charge in [-0.25, -0.2) is 4.39 Å². The Labute approximate surface area is 168 Å². The SMILES string of the molecule is CCC(C)NC(=NC)NCC1CCN(Cc2ccccc2F)CC1.I. The minimum Gasteiger partial charge on any atom is -0.356 e. The van der Waals surface area contributed by atoms with E-state index in [-0.39, 0.29) is 29.8 Å². The van der Waals surface area contributed by atoms with E-state index in [0.29, 0.717) is 18.5 Å². The lowest BCUT2D eigenvalue weighted by Gasteiger charge is -2.32. The maximum absolute atomic E-state index is 13.7. The van der Waals surface area contributed by atoms with E-state index in [1.807, 2.05) is 19.2 Å². The zero-order valence-electron chi connectivity index (χ0n) is 15.6. The van der Waals surface area contributed by atoms with E-state index in [1.54, 1.807) is 12.1 Å². The van der Waals surface area contributed by atoms with Gasteiger partial charge in [-0.05, 0) is 51.3 Å². The van der Waals surface area contributed by atoms with Crippen LogP contribution >= 0.6 is 24.0 Å². The van der Waals surface area contributed by atoms with Crippen molar-refractivity contribution in [2.75, 3.05) is 26.7 Å². The third kappa shape index (κ3) is 7.48. The lowest BCUT2D eigenvalue weighted by Crippen LogP contribution is -2.45. The molecule has 0 aliphatic carbocycles. The molecule has 1 aromatic rings. The molecule has 0 amide bonds. The lowest BCUT2D eigenvalue weighted by molar-refractivity contribution is 0.176. The van der Waals surface area contributed by atoms with Crippen LogP contribution in [-0.4, -0.2) is 43.6 Å². The maximum Gasteiger partial charge on any atom is 0.191 e. The van der Waals surface area contributed by atoms with Gasteiger partial charge in [0.2, 0.25) is 0 Å². The van der Waals surface area contributed by atoms with Crippen molar-refractivity contribution in [1.82, 2.24) is 15.5 Å². The molecule has 25 heavy (non-hydrogen) atoms. The summed E-state index contributed by atoms with van der Waals surface area (Å²) in [5.41, 5.74) is 0.798. The number of nitrogens with one attached hydrogen (secondary N) is 2. The minimum atomic E-state index is -0.0961. The fraction of sp³-hybridized carbons (Fsp3) is 0.632. The van der Waals surface area contributed by atoms with Gasteiger partial charge in [-0.1, -0.05) is 25.1 Å². The highest BCUT2D eigenvalue weighted by molar-refractivity contribution is 14.0. The van der Waals surface area contributed by atoms with Gasteiger partial charge in [0.15, 0.2) is 5.96 Å². The molecule has 2 rings (SSSR count). The molecule has 0 aromatic heterocycles. The van der Waals surface area contributed by atoms with Crippen molar-refractivity contribution in [1.29, 1.82) is 0 Å². The Bertz CT molecular complexity index is 530. The molecule has 1 aromatic carbocycles. The largest absolute Gasteiger partial charge is 0.356 e. The smallest absolute Gasteiger partial charge is 0.191 e. The summed E-state index contributed by atoms with van der Waals surface area (Å²) in [5.74, 6) is 1.44. The maximum atomic E-state index is 13.7. The van der Waals surface area contributed by atoms with Crippen LogP contribution in [0.2, 0.25) is 0 Å². The van der Waals surface area contributed by atoms with Crippen molar-refractivity contribution in [3.05, 3.63) is 35.6 Å². The number of halogens is 2. The van der Waals surface area contributed by atoms with Crippen molar-refractivity contribution in [3.8, 4) is 0 Å². The zero-order valence-corrected chi connectivity index (χ0v) is 17.9. The average molecular weight is 462 g/mol. The first-order valence-electron chi connectivity index (χ1n) is 9.05. The van der Waals surface area contributed by atoms with E-state index in [9.17, 15) is 4.39 Å². The second-order valence-corrected chi connectivity index (χ2v) is 6.72. The number of rotatable bonds is 6. The summed E-state index contributed by atoms with van der Waals surface area (Å²) in [4.78, 5) is 6.63. The van der Waals surface area contributed by atoms with Crippen LogP contribution in [0.1, 0.15) is 38.7 Å². The molecule has 1 fully saturated rings. The fourth-order valence-electron chi connectivity index (χ4n) is 2.99. The van der Waals surface area contributed by atoms with E-state index >= 15 is 0 Å². The van der Waals surface area contributed by atoms with Crippen LogP contribution in [0, 0.1) is 11.7 Å². The number of hydrogen-bond acceptors (Lipinski definition) is 2. The average Bonchev–Trinajstić information content (AvgIpc) is 2.61. The first-order chi connectivity index (χ1) is 11.6. The monoisotopic (exact) mass is 462 g/mol. The quantitative estimate of drug-likeness (QED) is 0.386. The molecule has 6 heteroatoms. The molecular weight excluding hydrogens is 430 g/mol. The summed E-state index contributed by atoms with van der Waals surface area (Å²) in [5, 5.41) is 6.83. The standard InChI is InChI=1S/C19H31FN4.HI/c1-4-15(2)23-19(21-3)22-13-16-9-11-24(12-10-16)14-17-7-5-6-8-18(17)20;/h5-8,15-16H,4,9-14H2,1-3H3,(H2,21,22,23);1H. The lowest BCUT2D eigenvalue weighted by atomic mass is 9.96. The van der Waals surface area contributed by atoms with Gasteiger partial charge in [0, 0.05) is 31.7 Å². The Morgan fingerprint density at radius 1 is 1.32 bits per heavy atom. The molecule has 2 N–H and O–H groups in total. The van der Waals surface area contributed by atoms with E-state index in [4.69, 9.17) is 0 Å². The van der Waals surface area contributed by atoms with Crippen molar-refractivity contribution in [2.24, 2.45) is 10.9 Å². The van der Waals surface area contributed by atoms with Crippen LogP contribution in [0.15, 0.2) is 29.3 Å². The summed E-state index contributed by atoms with van der Waals surface area (Å²) in [6, 6.07) is 7.51. The van der Waals surface area contributed by atoms with E-state index in [2.05, 4.69) is 34.4 Å². The van der Waals surface area contributed by atoms with Crippen molar-refractivity contribution in [2.45, 2.75) is 45.7 Å². The highest BCUT2D eigenvalue weighted by Gasteiger charge is 2.20. The fourth-order valence-corrected chi connectivity index (χ4v) is 2.99. The van der Waals surface area contributed by atoms with Crippen molar-refractivity contribution >= 4 is 29.9 Å². The van der Waals surface area contributed by atoms with Gasteiger partial charge < -0.3 is 10.6 Å². The molecule has 1 aliphatic rings. The van der Waals surface area contributed by atoms with Crippen LogP contribution < -0.4 is 10.6 Å². The second-order valence-electron chi connectivity index (χ2n) is 6.72. The second kappa shape index (κ2) is 11.7. The Hall–Kier alpha value is -0.890. The summed E-state index contributed by atoms with van der Waals surface area (Å²) < 4.78 is 13.7. The molecule has 0 spiro atoms. The molecule has 142 valence electrons. The number of likely N-dealkylation sites (tertiary alicyclic amines) is 1. The Balaban J connectivity index is 0.00000312. The van der Waals surface area contributed by atoms with Crippen molar-refractivity contribution in [3.63, 3.8) is 0 Å². The third-order valence-electron chi connectivity index (χ3n) is 4.84. The van der Waals surface area contributed by atoms with Crippen LogP contribution in [0.3, 0.4) is 0 Å². The first kappa shape index (κ1) is 22.2. The van der Waals surface area contributed by atoms with E-state index in [0.717, 1.165) is 50.4 Å². The predicted molar refractivity (Wildman–Crippen MR) is 114 cm³/mol. The summed E-state index contributed by atoms with van der Waals surface area (Å²) >= 11 is 0. The third-order valence-corrected chi connectivity index (χ3v) is 4.84. The Morgan fingerprint density at radius 3 is 2.60 bits per heavy atom. The molecule has 0 radical (unpaired) electrons. The van der Waals surface area contributed by atoms with Crippen molar-refractivity contribution < 1.29 is 4.39 Å². The molecule has 0 saturated carbocycles. The highest BCUT2D eigenvalue weighted by atomic mass is 127. The highest BCUT2D eigenvalue weighted by Crippen LogP contribution is 2.19. The molecule has 1 aliphatic heterocycles. The van der Waals surface area contributed by atoms with E-state index in [1.165, 1.54) is 0 Å². The molecule has 1 atom stereocenters. The number of aliphatic imine (C=N–C) groups is 1. The molecular formula is C19H32FIN4. The van der Waals surface area contributed by atoms with Crippen LogP contribution in [-0.2, 0) is 6.54 Å². The van der Waals surface area contributed by atoms with Gasteiger partial charge in [0.25, 0.3) is 0 Å². The first-order valence-corrected chi connectivity index (χ1v) is 9.05. The Morgan fingerprint density at radius 2 is 2.00 bits per heavy atom. The summed E-state index contributed by atoms with van der Waals surface area (Å²) in [6.07, 6.45) is 3.36. The minimum absolute atomic E-state index is 0. The topological polar surface area (TPSA) is 39.7 Å². The van der Waals surface area contributed by atoms with Gasteiger partial charge in [-0.3, -0.25) is 9.89 Å². The van der Waals surface area contributed by atoms with Gasteiger partial charge in [-0.2, -0.15) is 0 Å². The Kier molecular flexibility index (Phi) is 10.3. The van der Waals surface area contributed by atoms with Gasteiger partial charge in [0.1, 0.15) is 5.82 Å².